The van der Waals surface area contributed by atoms with E-state index in [0.29, 0.717) is 31.2 Å². The van der Waals surface area contributed by atoms with Crippen molar-refractivity contribution in [3.05, 3.63) is 65.7 Å². The first kappa shape index (κ1) is 27.7. The van der Waals surface area contributed by atoms with Crippen LogP contribution >= 0.6 is 24.0 Å². The van der Waals surface area contributed by atoms with E-state index >= 15 is 0 Å². The monoisotopic (exact) mass is 554 g/mol. The molecule has 2 aromatic rings. The Balaban J connectivity index is 0.00000512. The number of halogens is 1. The van der Waals surface area contributed by atoms with Crippen LogP contribution in [0.4, 0.5) is 0 Å². The third-order valence-electron chi connectivity index (χ3n) is 4.35. The van der Waals surface area contributed by atoms with Gasteiger partial charge in [0.05, 0.1) is 18.8 Å². The van der Waals surface area contributed by atoms with Crippen LogP contribution in [-0.2, 0) is 0 Å². The average Bonchev–Trinajstić information content (AvgIpc) is 2.77. The molecule has 7 nitrogen and oxygen atoms in total. The molecule has 0 bridgehead atoms. The lowest BCUT2D eigenvalue weighted by Crippen LogP contribution is -2.39. The van der Waals surface area contributed by atoms with Gasteiger partial charge in [-0.05, 0) is 57.0 Å². The molecule has 1 atom stereocenters. The van der Waals surface area contributed by atoms with Gasteiger partial charge in [0.2, 0.25) is 0 Å². The van der Waals surface area contributed by atoms with Gasteiger partial charge in [-0.15, -0.1) is 24.0 Å². The lowest BCUT2D eigenvalue weighted by molar-refractivity contribution is 0.0953. The summed E-state index contributed by atoms with van der Waals surface area (Å²) in [6, 6.07) is 16.6. The molecule has 0 aromatic heterocycles. The van der Waals surface area contributed by atoms with E-state index in [9.17, 15) is 9.90 Å². The number of benzene rings is 2. The molecule has 0 spiro atoms. The van der Waals surface area contributed by atoms with E-state index < -0.39 is 6.10 Å². The van der Waals surface area contributed by atoms with Crippen molar-refractivity contribution in [2.24, 2.45) is 4.99 Å². The minimum Gasteiger partial charge on any atom is -0.491 e. The number of amides is 1. The highest BCUT2D eigenvalue weighted by molar-refractivity contribution is 14.0. The molecule has 0 aliphatic heterocycles. The molecule has 0 saturated heterocycles. The summed E-state index contributed by atoms with van der Waals surface area (Å²) in [4.78, 5) is 16.5. The first-order valence-corrected chi connectivity index (χ1v) is 10.8. The number of rotatable bonds is 11. The number of carbonyl (C=O) groups is 1. The number of ether oxygens (including phenoxy) is 1. The maximum Gasteiger partial charge on any atom is 0.251 e. The van der Waals surface area contributed by atoms with Crippen molar-refractivity contribution in [3.8, 4) is 5.75 Å². The first-order chi connectivity index (χ1) is 15.0. The van der Waals surface area contributed by atoms with Crippen LogP contribution in [0.15, 0.2) is 59.6 Å². The van der Waals surface area contributed by atoms with Crippen molar-refractivity contribution < 1.29 is 14.6 Å². The van der Waals surface area contributed by atoms with Gasteiger partial charge in [0.1, 0.15) is 5.75 Å². The van der Waals surface area contributed by atoms with Crippen molar-refractivity contribution in [3.63, 3.8) is 0 Å². The Hall–Kier alpha value is -2.33. The number of hydrogen-bond donors (Lipinski definition) is 4. The Labute approximate surface area is 208 Å². The summed E-state index contributed by atoms with van der Waals surface area (Å²) in [6.45, 7) is 8.07. The number of nitrogens with zero attached hydrogens (tertiary/aromatic N) is 1. The van der Waals surface area contributed by atoms with E-state index in [2.05, 4.69) is 20.9 Å². The van der Waals surface area contributed by atoms with Gasteiger partial charge in [0.25, 0.3) is 5.91 Å². The zero-order chi connectivity index (χ0) is 22.5. The van der Waals surface area contributed by atoms with Crippen LogP contribution in [0.25, 0.3) is 0 Å². The van der Waals surface area contributed by atoms with Crippen molar-refractivity contribution in [1.29, 1.82) is 0 Å². The normalized spacial score (nSPS) is 12.0. The van der Waals surface area contributed by atoms with Crippen LogP contribution in [0.2, 0.25) is 0 Å². The number of hydrogen-bond acceptors (Lipinski definition) is 4. The molecule has 0 radical (unpaired) electrons. The second kappa shape index (κ2) is 15.5. The highest BCUT2D eigenvalue weighted by atomic mass is 127. The van der Waals surface area contributed by atoms with Gasteiger partial charge in [-0.3, -0.25) is 9.79 Å². The van der Waals surface area contributed by atoms with Crippen LogP contribution in [0, 0.1) is 0 Å². The highest BCUT2D eigenvalue weighted by Gasteiger charge is 2.09. The molecule has 176 valence electrons. The van der Waals surface area contributed by atoms with Crippen molar-refractivity contribution in [1.82, 2.24) is 16.0 Å². The van der Waals surface area contributed by atoms with Gasteiger partial charge in [0.15, 0.2) is 5.96 Å². The predicted octanol–water partition coefficient (Wildman–Crippen LogP) is 3.50. The molecule has 1 amide bonds. The fourth-order valence-corrected chi connectivity index (χ4v) is 2.88. The number of nitrogens with one attached hydrogen (secondary N) is 3. The SMILES string of the molecule is CCNC(=NCC(O)c1cccc(OC(C)C)c1)NCCCNC(=O)c1ccccc1.I. The van der Waals surface area contributed by atoms with Crippen LogP contribution in [0.3, 0.4) is 0 Å². The van der Waals surface area contributed by atoms with Gasteiger partial charge in [-0.1, -0.05) is 30.3 Å². The molecule has 0 aliphatic rings. The van der Waals surface area contributed by atoms with Crippen molar-refractivity contribution in [2.75, 3.05) is 26.2 Å². The summed E-state index contributed by atoms with van der Waals surface area (Å²) in [5.41, 5.74) is 1.42. The maximum atomic E-state index is 12.0. The Morgan fingerprint density at radius 1 is 1.03 bits per heavy atom. The molecule has 32 heavy (non-hydrogen) atoms. The number of aliphatic hydroxyl groups is 1. The van der Waals surface area contributed by atoms with Crippen LogP contribution in [0.5, 0.6) is 5.75 Å². The smallest absolute Gasteiger partial charge is 0.251 e. The third-order valence-corrected chi connectivity index (χ3v) is 4.35. The molecular formula is C24H35IN4O3. The van der Waals surface area contributed by atoms with Crippen molar-refractivity contribution >= 4 is 35.8 Å². The Kier molecular flexibility index (Phi) is 13.4. The van der Waals surface area contributed by atoms with Crippen LogP contribution in [0.1, 0.15) is 49.2 Å². The zero-order valence-corrected chi connectivity index (χ0v) is 21.3. The largest absolute Gasteiger partial charge is 0.491 e. The Morgan fingerprint density at radius 2 is 1.75 bits per heavy atom. The van der Waals surface area contributed by atoms with Crippen molar-refractivity contribution in [2.45, 2.75) is 39.4 Å². The topological polar surface area (TPSA) is 95.0 Å². The predicted molar refractivity (Wildman–Crippen MR) is 140 cm³/mol. The molecule has 0 saturated carbocycles. The van der Waals surface area contributed by atoms with Gasteiger partial charge < -0.3 is 25.8 Å². The van der Waals surface area contributed by atoms with E-state index in [1.165, 1.54) is 0 Å². The zero-order valence-electron chi connectivity index (χ0n) is 19.0. The second-order valence-electron chi connectivity index (χ2n) is 7.38. The van der Waals surface area contributed by atoms with Gasteiger partial charge in [-0.2, -0.15) is 0 Å². The minimum absolute atomic E-state index is 0. The number of carbonyl (C=O) groups excluding carboxylic acids is 1. The summed E-state index contributed by atoms with van der Waals surface area (Å²) in [5, 5.41) is 19.8. The Bertz CT molecular complexity index is 831. The fraction of sp³-hybridized carbons (Fsp3) is 0.417. The summed E-state index contributed by atoms with van der Waals surface area (Å²) < 4.78 is 5.69. The molecular weight excluding hydrogens is 519 g/mol. The van der Waals surface area contributed by atoms with Crippen LogP contribution < -0.4 is 20.7 Å². The quantitative estimate of drug-likeness (QED) is 0.148. The third kappa shape index (κ3) is 10.3. The molecule has 2 rings (SSSR count). The van der Waals surface area contributed by atoms with E-state index in [1.807, 2.05) is 63.2 Å². The molecule has 0 aliphatic carbocycles. The van der Waals surface area contributed by atoms with E-state index in [-0.39, 0.29) is 42.5 Å². The van der Waals surface area contributed by atoms with E-state index in [4.69, 9.17) is 4.74 Å². The summed E-state index contributed by atoms with van der Waals surface area (Å²) >= 11 is 0. The summed E-state index contributed by atoms with van der Waals surface area (Å²) in [6.07, 6.45) is 0.101. The lowest BCUT2D eigenvalue weighted by atomic mass is 10.1. The lowest BCUT2D eigenvalue weighted by Gasteiger charge is -2.15. The molecule has 0 fully saturated rings. The Morgan fingerprint density at radius 3 is 2.44 bits per heavy atom. The number of aliphatic imine (C=N–C) groups is 1. The maximum absolute atomic E-state index is 12.0. The standard InChI is InChI=1S/C24H34N4O3.HI/c1-4-25-24(27-15-9-14-26-23(30)19-10-6-5-7-11-19)28-17-22(29)20-12-8-13-21(16-20)31-18(2)3;/h5-8,10-13,16,18,22,29H,4,9,14-15,17H2,1-3H3,(H,26,30)(H2,25,27,28);1H. The van der Waals surface area contributed by atoms with E-state index in [1.54, 1.807) is 12.1 Å². The minimum atomic E-state index is -0.726. The summed E-state index contributed by atoms with van der Waals surface area (Å²) in [7, 11) is 0. The average molecular weight is 554 g/mol. The second-order valence-corrected chi connectivity index (χ2v) is 7.38. The van der Waals surface area contributed by atoms with Gasteiger partial charge in [0, 0.05) is 25.2 Å². The highest BCUT2D eigenvalue weighted by Crippen LogP contribution is 2.20. The van der Waals surface area contributed by atoms with Gasteiger partial charge >= 0.3 is 0 Å². The molecule has 0 heterocycles. The van der Waals surface area contributed by atoms with Gasteiger partial charge in [-0.25, -0.2) is 0 Å². The summed E-state index contributed by atoms with van der Waals surface area (Å²) in [5.74, 6) is 1.29. The molecule has 8 heteroatoms. The molecule has 4 N–H and O–H groups in total. The molecule has 1 unspecified atom stereocenters. The van der Waals surface area contributed by atoms with E-state index in [0.717, 1.165) is 17.7 Å². The fourth-order valence-electron chi connectivity index (χ4n) is 2.88. The van der Waals surface area contributed by atoms with Crippen LogP contribution in [-0.4, -0.2) is 49.3 Å². The molecule has 2 aromatic carbocycles. The number of guanidine groups is 1. The first-order valence-electron chi connectivity index (χ1n) is 10.8. The number of aliphatic hydroxyl groups excluding tert-OH is 1.